The second-order valence-electron chi connectivity index (χ2n) is 2.40. The van der Waals surface area contributed by atoms with Crippen LogP contribution in [-0.2, 0) is 0 Å². The van der Waals surface area contributed by atoms with Gasteiger partial charge in [-0.25, -0.2) is 0 Å². The largest absolute Gasteiger partial charge is 0.330 e. The van der Waals surface area contributed by atoms with Crippen LogP contribution in [-0.4, -0.2) is 6.54 Å². The number of hydrogen-bond donors (Lipinski definition) is 1. The van der Waals surface area contributed by atoms with Gasteiger partial charge in [-0.05, 0) is 24.8 Å². The fraction of sp³-hybridized carbons (Fsp3) is 1.00. The summed E-state index contributed by atoms with van der Waals surface area (Å²) in [7, 11) is 0. The van der Waals surface area contributed by atoms with Gasteiger partial charge in [-0.2, -0.15) is 0 Å². The molecule has 0 spiro atoms. The van der Waals surface area contributed by atoms with Crippen LogP contribution < -0.4 is 5.73 Å². The zero-order chi connectivity index (χ0) is 5.28. The molecule has 0 saturated heterocycles. The van der Waals surface area contributed by atoms with Gasteiger partial charge in [0.05, 0.1) is 0 Å². The molecular weight excluding hydrogens is 86.1 g/mol. The fourth-order valence-corrected chi connectivity index (χ4v) is 1.10. The molecule has 0 unspecified atom stereocenters. The summed E-state index contributed by atoms with van der Waals surface area (Å²) >= 11 is 0. The molecule has 1 nitrogen and oxygen atoms in total. The van der Waals surface area contributed by atoms with Gasteiger partial charge in [0.25, 0.3) is 0 Å². The predicted octanol–water partition coefficient (Wildman–Crippen LogP) is 0.991. The van der Waals surface area contributed by atoms with E-state index in [4.69, 9.17) is 5.73 Å². The first-order valence-corrected chi connectivity index (χ1v) is 3.08. The van der Waals surface area contributed by atoms with E-state index in [0.29, 0.717) is 0 Å². The average Bonchev–Trinajstić information content (AvgIpc) is 2.43. The van der Waals surface area contributed by atoms with Gasteiger partial charge in [0.1, 0.15) is 0 Å². The van der Waals surface area contributed by atoms with Crippen molar-refractivity contribution in [3.63, 3.8) is 0 Å². The van der Waals surface area contributed by atoms with Crippen molar-refractivity contribution in [3.05, 3.63) is 0 Å². The van der Waals surface area contributed by atoms with Gasteiger partial charge >= 0.3 is 0 Å². The molecule has 0 aromatic rings. The molecule has 0 bridgehead atoms. The van der Waals surface area contributed by atoms with E-state index in [0.717, 1.165) is 18.4 Å². The molecule has 1 saturated carbocycles. The molecule has 0 radical (unpaired) electrons. The Kier molecular flexibility index (Phi) is 1.33. The quantitative estimate of drug-likeness (QED) is 0.549. The van der Waals surface area contributed by atoms with Gasteiger partial charge < -0.3 is 5.73 Å². The molecule has 1 aliphatic carbocycles. The summed E-state index contributed by atoms with van der Waals surface area (Å²) in [5.74, 6) is 1.88. The van der Waals surface area contributed by atoms with Crippen molar-refractivity contribution >= 4 is 0 Å². The van der Waals surface area contributed by atoms with E-state index in [1.54, 1.807) is 0 Å². The Labute approximate surface area is 44.9 Å². The van der Waals surface area contributed by atoms with Crippen molar-refractivity contribution in [2.24, 2.45) is 17.6 Å². The Morgan fingerprint density at radius 3 is 2.43 bits per heavy atom. The maximum atomic E-state index is 5.40. The van der Waals surface area contributed by atoms with Crippen LogP contribution in [0.5, 0.6) is 0 Å². The summed E-state index contributed by atoms with van der Waals surface area (Å²) in [4.78, 5) is 0. The minimum absolute atomic E-state index is 0.894. The molecule has 0 aromatic heterocycles. The highest BCUT2D eigenvalue weighted by Crippen LogP contribution is 2.39. The molecule has 42 valence electrons. The maximum absolute atomic E-state index is 5.40. The van der Waals surface area contributed by atoms with E-state index < -0.39 is 0 Å². The average molecular weight is 99.2 g/mol. The summed E-state index contributed by atoms with van der Waals surface area (Å²) in [6.07, 6.45) is 2.73. The molecule has 2 N–H and O–H groups in total. The third-order valence-electron chi connectivity index (χ3n) is 1.90. The van der Waals surface area contributed by atoms with Crippen LogP contribution in [0.25, 0.3) is 0 Å². The molecule has 0 aromatic carbocycles. The van der Waals surface area contributed by atoms with Crippen LogP contribution >= 0.6 is 0 Å². The lowest BCUT2D eigenvalue weighted by Gasteiger charge is -1.85. The van der Waals surface area contributed by atoms with Crippen molar-refractivity contribution in [1.29, 1.82) is 0 Å². The van der Waals surface area contributed by atoms with E-state index in [-0.39, 0.29) is 0 Å². The highest BCUT2D eigenvalue weighted by Gasteiger charge is 2.33. The van der Waals surface area contributed by atoms with Crippen molar-refractivity contribution < 1.29 is 0 Å². The third kappa shape index (κ3) is 0.942. The van der Waals surface area contributed by atoms with E-state index in [9.17, 15) is 0 Å². The molecule has 2 atom stereocenters. The van der Waals surface area contributed by atoms with Crippen LogP contribution in [0.1, 0.15) is 19.8 Å². The minimum atomic E-state index is 0.894. The normalized spacial score (nSPS) is 38.6. The second kappa shape index (κ2) is 1.83. The lowest BCUT2D eigenvalue weighted by Crippen LogP contribution is -2.01. The third-order valence-corrected chi connectivity index (χ3v) is 1.90. The second-order valence-corrected chi connectivity index (χ2v) is 2.40. The molecule has 0 aliphatic heterocycles. The summed E-state index contributed by atoms with van der Waals surface area (Å²) in [6, 6.07) is 0. The monoisotopic (exact) mass is 99.1 g/mol. The van der Waals surface area contributed by atoms with Crippen molar-refractivity contribution in [3.8, 4) is 0 Å². The van der Waals surface area contributed by atoms with E-state index in [1.807, 2.05) is 0 Å². The highest BCUT2D eigenvalue weighted by atomic mass is 14.6. The molecule has 1 heteroatoms. The van der Waals surface area contributed by atoms with Gasteiger partial charge in [-0.3, -0.25) is 0 Å². The molecule has 7 heavy (non-hydrogen) atoms. The standard InChI is InChI=1S/C6H13N/c1-2-5-3-6(5)4-7/h5-6H,2-4,7H2,1H3/t5-,6+/m1/s1. The Hall–Kier alpha value is -0.0400. The Morgan fingerprint density at radius 1 is 1.57 bits per heavy atom. The molecule has 0 heterocycles. The Balaban J connectivity index is 2.06. The number of hydrogen-bond acceptors (Lipinski definition) is 1. The van der Waals surface area contributed by atoms with Gasteiger partial charge in [-0.15, -0.1) is 0 Å². The summed E-state index contributed by atoms with van der Waals surface area (Å²) in [6.45, 7) is 3.15. The Morgan fingerprint density at radius 2 is 2.29 bits per heavy atom. The first kappa shape index (κ1) is 5.10. The summed E-state index contributed by atoms with van der Waals surface area (Å²) in [5.41, 5.74) is 5.40. The lowest BCUT2D eigenvalue weighted by atomic mass is 10.3. The minimum Gasteiger partial charge on any atom is -0.330 e. The van der Waals surface area contributed by atoms with Crippen molar-refractivity contribution in [2.75, 3.05) is 6.54 Å². The molecule has 1 aliphatic rings. The van der Waals surface area contributed by atoms with Gasteiger partial charge in [-0.1, -0.05) is 13.3 Å². The molecule has 0 amide bonds. The van der Waals surface area contributed by atoms with Crippen LogP contribution in [0, 0.1) is 11.8 Å². The summed E-state index contributed by atoms with van der Waals surface area (Å²) in [5, 5.41) is 0. The molecule has 1 rings (SSSR count). The molecule has 1 fully saturated rings. The van der Waals surface area contributed by atoms with Gasteiger partial charge in [0.2, 0.25) is 0 Å². The maximum Gasteiger partial charge on any atom is -0.00461 e. The van der Waals surface area contributed by atoms with Crippen LogP contribution in [0.15, 0.2) is 0 Å². The first-order valence-electron chi connectivity index (χ1n) is 3.08. The predicted molar refractivity (Wildman–Crippen MR) is 30.9 cm³/mol. The van der Waals surface area contributed by atoms with E-state index in [1.165, 1.54) is 12.8 Å². The van der Waals surface area contributed by atoms with Crippen LogP contribution in [0.3, 0.4) is 0 Å². The molecular formula is C6H13N. The highest BCUT2D eigenvalue weighted by molar-refractivity contribution is 4.85. The smallest absolute Gasteiger partial charge is 0.00461 e. The van der Waals surface area contributed by atoms with Crippen molar-refractivity contribution in [1.82, 2.24) is 0 Å². The van der Waals surface area contributed by atoms with Gasteiger partial charge in [0, 0.05) is 0 Å². The zero-order valence-electron chi connectivity index (χ0n) is 4.85. The van der Waals surface area contributed by atoms with Crippen LogP contribution in [0.4, 0.5) is 0 Å². The SMILES string of the molecule is CC[C@@H]1C[C@H]1CN. The van der Waals surface area contributed by atoms with Crippen LogP contribution in [0.2, 0.25) is 0 Å². The summed E-state index contributed by atoms with van der Waals surface area (Å²) < 4.78 is 0. The Bertz CT molecular complexity index is 53.2. The van der Waals surface area contributed by atoms with E-state index in [2.05, 4.69) is 6.92 Å². The van der Waals surface area contributed by atoms with E-state index >= 15 is 0 Å². The first-order chi connectivity index (χ1) is 3.38. The fourth-order valence-electron chi connectivity index (χ4n) is 1.10. The van der Waals surface area contributed by atoms with Crippen molar-refractivity contribution in [2.45, 2.75) is 19.8 Å². The lowest BCUT2D eigenvalue weighted by molar-refractivity contribution is 0.687. The topological polar surface area (TPSA) is 26.0 Å². The number of rotatable bonds is 2. The van der Waals surface area contributed by atoms with Gasteiger partial charge in [0.15, 0.2) is 0 Å². The number of nitrogens with two attached hydrogens (primary N) is 1. The zero-order valence-corrected chi connectivity index (χ0v) is 4.85.